The lowest BCUT2D eigenvalue weighted by Crippen LogP contribution is -2.50. The summed E-state index contributed by atoms with van der Waals surface area (Å²) in [6.07, 6.45) is 2.45. The van der Waals surface area contributed by atoms with Crippen molar-refractivity contribution in [2.45, 2.75) is 32.2 Å². The molecule has 1 aromatic carbocycles. The minimum atomic E-state index is -0.416. The zero-order chi connectivity index (χ0) is 14.7. The molecule has 1 aliphatic rings. The van der Waals surface area contributed by atoms with Crippen molar-refractivity contribution in [3.05, 3.63) is 29.3 Å². The van der Waals surface area contributed by atoms with Gasteiger partial charge in [-0.05, 0) is 38.3 Å². The Balaban J connectivity index is 2.32. The Morgan fingerprint density at radius 2 is 2.20 bits per heavy atom. The Labute approximate surface area is 117 Å². The van der Waals surface area contributed by atoms with Gasteiger partial charge in [0.25, 0.3) is 5.91 Å². The van der Waals surface area contributed by atoms with Gasteiger partial charge in [-0.25, -0.2) is 0 Å². The molecule has 1 aliphatic heterocycles. The van der Waals surface area contributed by atoms with Crippen LogP contribution < -0.4 is 5.73 Å². The zero-order valence-electron chi connectivity index (χ0n) is 11.4. The fraction of sp³-hybridized carbons (Fsp3) is 0.429. The molecule has 1 fully saturated rings. The minimum absolute atomic E-state index is 0.0326. The predicted octanol–water partition coefficient (Wildman–Crippen LogP) is 1.44. The molecule has 0 aliphatic carbocycles. The number of amidine groups is 1. The van der Waals surface area contributed by atoms with Crippen molar-refractivity contribution in [3.63, 3.8) is 0 Å². The quantitative estimate of drug-likeness (QED) is 0.329. The maximum Gasteiger partial charge on any atom is 0.258 e. The number of amides is 1. The van der Waals surface area contributed by atoms with E-state index < -0.39 is 6.04 Å². The van der Waals surface area contributed by atoms with Gasteiger partial charge in [0.15, 0.2) is 5.84 Å². The lowest BCUT2D eigenvalue weighted by Gasteiger charge is -2.35. The number of carbonyl (C=O) groups excluding carboxylic acids is 1. The second-order valence-electron chi connectivity index (χ2n) is 5.06. The number of nitrogens with two attached hydrogens (primary N) is 1. The average molecular weight is 277 g/mol. The van der Waals surface area contributed by atoms with E-state index >= 15 is 0 Å². The number of hydrogen-bond acceptors (Lipinski definition) is 4. The summed E-state index contributed by atoms with van der Waals surface area (Å²) in [4.78, 5) is 14.1. The number of phenols is 1. The van der Waals surface area contributed by atoms with Crippen molar-refractivity contribution >= 4 is 11.7 Å². The van der Waals surface area contributed by atoms with Crippen LogP contribution in [0, 0.1) is 6.92 Å². The summed E-state index contributed by atoms with van der Waals surface area (Å²) in [5.74, 6) is -0.308. The van der Waals surface area contributed by atoms with E-state index in [0.717, 1.165) is 18.4 Å². The summed E-state index contributed by atoms with van der Waals surface area (Å²) in [6, 6.07) is 4.48. The highest BCUT2D eigenvalue weighted by Gasteiger charge is 2.31. The molecule has 1 saturated heterocycles. The molecule has 0 bridgehead atoms. The number of aromatic hydroxyl groups is 1. The Kier molecular flexibility index (Phi) is 4.12. The van der Waals surface area contributed by atoms with E-state index in [4.69, 9.17) is 10.9 Å². The van der Waals surface area contributed by atoms with Crippen LogP contribution in [0.4, 0.5) is 0 Å². The lowest BCUT2D eigenvalue weighted by molar-refractivity contribution is 0.0673. The van der Waals surface area contributed by atoms with Crippen molar-refractivity contribution in [2.75, 3.05) is 6.54 Å². The Morgan fingerprint density at radius 3 is 2.90 bits per heavy atom. The highest BCUT2D eigenvalue weighted by atomic mass is 16.4. The van der Waals surface area contributed by atoms with Crippen molar-refractivity contribution in [3.8, 4) is 5.75 Å². The number of phenolic OH excluding ortho intramolecular Hbond substituents is 1. The Hall–Kier alpha value is -2.24. The SMILES string of the molecule is Cc1ccc(O)c(C(=O)N2CCCCC2C(N)=NO)c1. The van der Waals surface area contributed by atoms with Crippen LogP contribution in [0.5, 0.6) is 5.75 Å². The molecule has 0 spiro atoms. The van der Waals surface area contributed by atoms with Crippen molar-refractivity contribution in [1.82, 2.24) is 4.90 Å². The molecule has 0 aromatic heterocycles. The molecular weight excluding hydrogens is 258 g/mol. The number of hydrogen-bond donors (Lipinski definition) is 3. The molecule has 1 aromatic rings. The predicted molar refractivity (Wildman–Crippen MR) is 74.9 cm³/mol. The van der Waals surface area contributed by atoms with E-state index in [-0.39, 0.29) is 23.1 Å². The van der Waals surface area contributed by atoms with Gasteiger partial charge < -0.3 is 20.9 Å². The van der Waals surface area contributed by atoms with Gasteiger partial charge >= 0.3 is 0 Å². The largest absolute Gasteiger partial charge is 0.507 e. The monoisotopic (exact) mass is 277 g/mol. The van der Waals surface area contributed by atoms with Crippen LogP contribution in [-0.2, 0) is 0 Å². The molecule has 108 valence electrons. The molecule has 4 N–H and O–H groups in total. The first-order valence-corrected chi connectivity index (χ1v) is 6.62. The first kappa shape index (κ1) is 14.2. The van der Waals surface area contributed by atoms with Crippen LogP contribution in [0.2, 0.25) is 0 Å². The second-order valence-corrected chi connectivity index (χ2v) is 5.06. The maximum atomic E-state index is 12.6. The summed E-state index contributed by atoms with van der Waals surface area (Å²) in [5.41, 5.74) is 6.81. The number of carbonyl (C=O) groups is 1. The summed E-state index contributed by atoms with van der Waals surface area (Å²) in [7, 11) is 0. The number of likely N-dealkylation sites (tertiary alicyclic amines) is 1. The summed E-state index contributed by atoms with van der Waals surface area (Å²) < 4.78 is 0. The van der Waals surface area contributed by atoms with E-state index in [0.29, 0.717) is 13.0 Å². The standard InChI is InChI=1S/C14H19N3O3/c1-9-5-6-12(18)10(8-9)14(19)17-7-3-2-4-11(17)13(15)16-20/h5-6,8,11,18,20H,2-4,7H2,1H3,(H2,15,16). The average Bonchev–Trinajstić information content (AvgIpc) is 2.48. The number of nitrogens with zero attached hydrogens (tertiary/aromatic N) is 2. The number of benzene rings is 1. The van der Waals surface area contributed by atoms with Gasteiger partial charge in [-0.2, -0.15) is 0 Å². The molecule has 0 radical (unpaired) electrons. The smallest absolute Gasteiger partial charge is 0.258 e. The summed E-state index contributed by atoms with van der Waals surface area (Å²) in [6.45, 7) is 2.39. The highest BCUT2D eigenvalue weighted by Crippen LogP contribution is 2.25. The van der Waals surface area contributed by atoms with E-state index in [1.807, 2.05) is 6.92 Å². The first-order valence-electron chi connectivity index (χ1n) is 6.62. The first-order chi connectivity index (χ1) is 9.54. The van der Waals surface area contributed by atoms with E-state index in [9.17, 15) is 9.90 Å². The van der Waals surface area contributed by atoms with Gasteiger partial charge in [0.1, 0.15) is 5.75 Å². The Morgan fingerprint density at radius 1 is 1.45 bits per heavy atom. The highest BCUT2D eigenvalue weighted by molar-refractivity contribution is 6.00. The molecule has 1 amide bonds. The molecule has 6 heteroatoms. The number of piperidine rings is 1. The lowest BCUT2D eigenvalue weighted by atomic mass is 9.99. The molecular formula is C14H19N3O3. The molecule has 1 unspecified atom stereocenters. The fourth-order valence-electron chi connectivity index (χ4n) is 2.52. The van der Waals surface area contributed by atoms with E-state index in [1.165, 1.54) is 6.07 Å². The van der Waals surface area contributed by atoms with Gasteiger partial charge in [0.2, 0.25) is 0 Å². The van der Waals surface area contributed by atoms with Gasteiger partial charge in [-0.3, -0.25) is 4.79 Å². The normalized spacial score (nSPS) is 19.9. The summed E-state index contributed by atoms with van der Waals surface area (Å²) >= 11 is 0. The van der Waals surface area contributed by atoms with Crippen LogP contribution in [0.1, 0.15) is 35.2 Å². The van der Waals surface area contributed by atoms with Crippen LogP contribution in [0.25, 0.3) is 0 Å². The molecule has 2 rings (SSSR count). The minimum Gasteiger partial charge on any atom is -0.507 e. The maximum absolute atomic E-state index is 12.6. The van der Waals surface area contributed by atoms with Crippen molar-refractivity contribution < 1.29 is 15.1 Å². The van der Waals surface area contributed by atoms with Crippen LogP contribution in [0.3, 0.4) is 0 Å². The zero-order valence-corrected chi connectivity index (χ0v) is 11.4. The fourth-order valence-corrected chi connectivity index (χ4v) is 2.52. The van der Waals surface area contributed by atoms with E-state index in [2.05, 4.69) is 5.16 Å². The van der Waals surface area contributed by atoms with Gasteiger partial charge in [-0.15, -0.1) is 0 Å². The topological polar surface area (TPSA) is 99.2 Å². The third kappa shape index (κ3) is 2.68. The van der Waals surface area contributed by atoms with Crippen LogP contribution in [0.15, 0.2) is 23.4 Å². The van der Waals surface area contributed by atoms with Crippen LogP contribution >= 0.6 is 0 Å². The van der Waals surface area contributed by atoms with Gasteiger partial charge in [0.05, 0.1) is 11.6 Å². The second kappa shape index (κ2) is 5.81. The molecule has 1 atom stereocenters. The van der Waals surface area contributed by atoms with Crippen molar-refractivity contribution in [1.29, 1.82) is 0 Å². The van der Waals surface area contributed by atoms with Gasteiger partial charge in [0, 0.05) is 6.54 Å². The summed E-state index contributed by atoms with van der Waals surface area (Å²) in [5, 5.41) is 21.7. The third-order valence-electron chi connectivity index (χ3n) is 3.60. The third-order valence-corrected chi connectivity index (χ3v) is 3.60. The van der Waals surface area contributed by atoms with Crippen LogP contribution in [-0.4, -0.2) is 39.5 Å². The number of oxime groups is 1. The molecule has 0 saturated carbocycles. The number of rotatable bonds is 2. The van der Waals surface area contributed by atoms with Crippen molar-refractivity contribution in [2.24, 2.45) is 10.9 Å². The van der Waals surface area contributed by atoms with Gasteiger partial charge in [-0.1, -0.05) is 16.8 Å². The number of aryl methyl sites for hydroxylation is 1. The molecule has 1 heterocycles. The molecule has 20 heavy (non-hydrogen) atoms. The Bertz CT molecular complexity index is 542. The molecule has 6 nitrogen and oxygen atoms in total. The van der Waals surface area contributed by atoms with E-state index in [1.54, 1.807) is 17.0 Å².